The van der Waals surface area contributed by atoms with Gasteiger partial charge in [-0.2, -0.15) is 0 Å². The largest absolute Gasteiger partial charge is 0.319 e. The van der Waals surface area contributed by atoms with Crippen molar-refractivity contribution in [3.63, 3.8) is 0 Å². The molecule has 3 aromatic rings. The molecule has 0 radical (unpaired) electrons. The predicted octanol–water partition coefficient (Wildman–Crippen LogP) is 4.18. The summed E-state index contributed by atoms with van der Waals surface area (Å²) in [4.78, 5) is 38.7. The fourth-order valence-corrected chi connectivity index (χ4v) is 3.29. The number of halogens is 1. The number of fused-ring (bicyclic) bond motifs is 1. The summed E-state index contributed by atoms with van der Waals surface area (Å²) < 4.78 is 14.0. The van der Waals surface area contributed by atoms with Gasteiger partial charge in [0.1, 0.15) is 5.82 Å². The van der Waals surface area contributed by atoms with E-state index in [1.807, 2.05) is 0 Å². The smallest absolute Gasteiger partial charge is 0.261 e. The topological polar surface area (TPSA) is 66.5 Å². The zero-order valence-electron chi connectivity index (χ0n) is 15.6. The first-order chi connectivity index (χ1) is 13.9. The summed E-state index contributed by atoms with van der Waals surface area (Å²) in [5, 5.41) is 2.54. The molecule has 1 N–H and O–H groups in total. The number of imide groups is 1. The first-order valence-corrected chi connectivity index (χ1v) is 9.06. The fourth-order valence-electron chi connectivity index (χ4n) is 3.29. The van der Waals surface area contributed by atoms with Gasteiger partial charge in [0.05, 0.1) is 23.4 Å². The molecule has 0 saturated heterocycles. The van der Waals surface area contributed by atoms with Crippen LogP contribution in [-0.2, 0) is 6.54 Å². The first-order valence-electron chi connectivity index (χ1n) is 9.06. The lowest BCUT2D eigenvalue weighted by Gasteiger charge is -2.14. The third-order valence-electron chi connectivity index (χ3n) is 4.78. The monoisotopic (exact) mass is 388 g/mol. The third kappa shape index (κ3) is 3.52. The van der Waals surface area contributed by atoms with Crippen molar-refractivity contribution < 1.29 is 18.8 Å². The quantitative estimate of drug-likeness (QED) is 0.682. The van der Waals surface area contributed by atoms with Crippen LogP contribution in [0, 0.1) is 12.7 Å². The second-order valence-electron chi connectivity index (χ2n) is 6.88. The second kappa shape index (κ2) is 7.31. The van der Waals surface area contributed by atoms with Gasteiger partial charge < -0.3 is 5.32 Å². The van der Waals surface area contributed by atoms with Crippen LogP contribution in [0.3, 0.4) is 0 Å². The van der Waals surface area contributed by atoms with E-state index >= 15 is 0 Å². The molecule has 0 spiro atoms. The molecule has 0 saturated carbocycles. The minimum atomic E-state index is -0.513. The second-order valence-corrected chi connectivity index (χ2v) is 6.88. The molecular formula is C23H17FN2O3. The van der Waals surface area contributed by atoms with Crippen molar-refractivity contribution in [1.29, 1.82) is 0 Å². The van der Waals surface area contributed by atoms with E-state index in [-0.39, 0.29) is 24.0 Å². The number of carbonyl (C=O) groups excluding carboxylic acids is 3. The van der Waals surface area contributed by atoms with Gasteiger partial charge in [0.25, 0.3) is 17.7 Å². The summed E-state index contributed by atoms with van der Waals surface area (Å²) in [6.07, 6.45) is 0. The number of nitrogens with one attached hydrogen (secondary N) is 1. The number of anilines is 1. The molecule has 0 aliphatic carbocycles. The van der Waals surface area contributed by atoms with E-state index in [1.165, 1.54) is 12.1 Å². The van der Waals surface area contributed by atoms with Crippen LogP contribution in [0.5, 0.6) is 0 Å². The molecule has 0 unspecified atom stereocenters. The highest BCUT2D eigenvalue weighted by atomic mass is 19.1. The average Bonchev–Trinajstić information content (AvgIpc) is 2.95. The Morgan fingerprint density at radius 3 is 2.28 bits per heavy atom. The Morgan fingerprint density at radius 1 is 0.931 bits per heavy atom. The summed E-state index contributed by atoms with van der Waals surface area (Å²) >= 11 is 0. The van der Waals surface area contributed by atoms with E-state index in [9.17, 15) is 18.8 Å². The van der Waals surface area contributed by atoms with Crippen molar-refractivity contribution in [1.82, 2.24) is 4.90 Å². The summed E-state index contributed by atoms with van der Waals surface area (Å²) in [5.74, 6) is -1.71. The minimum absolute atomic E-state index is 0.0480. The van der Waals surface area contributed by atoms with Gasteiger partial charge in [-0.25, -0.2) is 4.39 Å². The van der Waals surface area contributed by atoms with Crippen LogP contribution in [0.4, 0.5) is 10.1 Å². The number of rotatable bonds is 4. The standard InChI is InChI=1S/C23H17FN2O3/c1-14-9-10-20(19(24)11-14)25-21(27)16-6-4-5-15(12-16)13-26-22(28)17-7-2-3-8-18(17)23(26)29/h2-12H,13H2,1H3,(H,25,27). The van der Waals surface area contributed by atoms with Crippen molar-refractivity contribution >= 4 is 23.4 Å². The summed E-state index contributed by atoms with van der Waals surface area (Å²) in [7, 11) is 0. The fraction of sp³-hybridized carbons (Fsp3) is 0.0870. The minimum Gasteiger partial charge on any atom is -0.319 e. The molecule has 1 heterocycles. The summed E-state index contributed by atoms with van der Waals surface area (Å²) in [5.41, 5.74) is 2.52. The van der Waals surface area contributed by atoms with Crippen LogP contribution < -0.4 is 5.32 Å². The normalized spacial score (nSPS) is 12.8. The number of carbonyl (C=O) groups is 3. The summed E-state index contributed by atoms with van der Waals surface area (Å²) in [6, 6.07) is 17.8. The zero-order chi connectivity index (χ0) is 20.5. The van der Waals surface area contributed by atoms with E-state index in [4.69, 9.17) is 0 Å². The molecule has 0 bridgehead atoms. The molecule has 0 atom stereocenters. The molecular weight excluding hydrogens is 371 g/mol. The van der Waals surface area contributed by atoms with Crippen molar-refractivity contribution in [3.8, 4) is 0 Å². The zero-order valence-corrected chi connectivity index (χ0v) is 15.6. The van der Waals surface area contributed by atoms with E-state index < -0.39 is 11.7 Å². The van der Waals surface area contributed by atoms with E-state index in [1.54, 1.807) is 61.5 Å². The van der Waals surface area contributed by atoms with Crippen molar-refractivity contribution in [3.05, 3.63) is 100 Å². The van der Waals surface area contributed by atoms with Crippen LogP contribution in [0.1, 0.15) is 42.2 Å². The van der Waals surface area contributed by atoms with Gasteiger partial charge in [-0.3, -0.25) is 19.3 Å². The third-order valence-corrected chi connectivity index (χ3v) is 4.78. The highest BCUT2D eigenvalue weighted by Crippen LogP contribution is 2.24. The molecule has 29 heavy (non-hydrogen) atoms. The lowest BCUT2D eigenvalue weighted by Crippen LogP contribution is -2.29. The Bertz CT molecular complexity index is 1120. The lowest BCUT2D eigenvalue weighted by atomic mass is 10.1. The lowest BCUT2D eigenvalue weighted by molar-refractivity contribution is 0.0642. The molecule has 3 aromatic carbocycles. The number of hydrogen-bond donors (Lipinski definition) is 1. The van der Waals surface area contributed by atoms with Gasteiger partial charge in [0.2, 0.25) is 0 Å². The number of hydrogen-bond acceptors (Lipinski definition) is 3. The molecule has 144 valence electrons. The Labute approximate surface area is 166 Å². The first kappa shape index (κ1) is 18.6. The number of nitrogens with zero attached hydrogens (tertiary/aromatic N) is 1. The Morgan fingerprint density at radius 2 is 1.62 bits per heavy atom. The van der Waals surface area contributed by atoms with E-state index in [0.717, 1.165) is 10.5 Å². The molecule has 3 amide bonds. The van der Waals surface area contributed by atoms with Crippen LogP contribution in [-0.4, -0.2) is 22.6 Å². The van der Waals surface area contributed by atoms with Crippen molar-refractivity contribution in [2.45, 2.75) is 13.5 Å². The molecule has 5 nitrogen and oxygen atoms in total. The molecule has 1 aliphatic rings. The maximum absolute atomic E-state index is 14.0. The molecule has 6 heteroatoms. The highest BCUT2D eigenvalue weighted by Gasteiger charge is 2.34. The summed E-state index contributed by atoms with van der Waals surface area (Å²) in [6.45, 7) is 1.81. The van der Waals surface area contributed by atoms with Crippen LogP contribution in [0.25, 0.3) is 0 Å². The maximum Gasteiger partial charge on any atom is 0.261 e. The van der Waals surface area contributed by atoms with E-state index in [0.29, 0.717) is 22.3 Å². The molecule has 0 aromatic heterocycles. The SMILES string of the molecule is Cc1ccc(NC(=O)c2cccc(CN3C(=O)c4ccccc4C3=O)c2)c(F)c1. The van der Waals surface area contributed by atoms with Gasteiger partial charge in [0.15, 0.2) is 0 Å². The number of benzene rings is 3. The predicted molar refractivity (Wildman–Crippen MR) is 106 cm³/mol. The Hall–Kier alpha value is -3.80. The van der Waals surface area contributed by atoms with E-state index in [2.05, 4.69) is 5.32 Å². The average molecular weight is 388 g/mol. The molecule has 0 fully saturated rings. The van der Waals surface area contributed by atoms with Crippen LogP contribution >= 0.6 is 0 Å². The maximum atomic E-state index is 14.0. The van der Waals surface area contributed by atoms with Crippen molar-refractivity contribution in [2.75, 3.05) is 5.32 Å². The molecule has 1 aliphatic heterocycles. The molecule has 4 rings (SSSR count). The van der Waals surface area contributed by atoms with Gasteiger partial charge in [0, 0.05) is 5.56 Å². The Balaban J connectivity index is 1.53. The van der Waals surface area contributed by atoms with Crippen LogP contribution in [0.15, 0.2) is 66.7 Å². The number of amides is 3. The highest BCUT2D eigenvalue weighted by molar-refractivity contribution is 6.21. The van der Waals surface area contributed by atoms with Gasteiger partial charge in [-0.05, 0) is 54.4 Å². The van der Waals surface area contributed by atoms with Crippen LogP contribution in [0.2, 0.25) is 0 Å². The Kier molecular flexibility index (Phi) is 4.68. The van der Waals surface area contributed by atoms with Gasteiger partial charge >= 0.3 is 0 Å². The van der Waals surface area contributed by atoms with Crippen molar-refractivity contribution in [2.24, 2.45) is 0 Å². The van der Waals surface area contributed by atoms with Gasteiger partial charge in [-0.1, -0.05) is 30.3 Å². The van der Waals surface area contributed by atoms with Gasteiger partial charge in [-0.15, -0.1) is 0 Å². The number of aryl methyl sites for hydroxylation is 1.